The van der Waals surface area contributed by atoms with E-state index in [-0.39, 0.29) is 22.2 Å². The highest BCUT2D eigenvalue weighted by molar-refractivity contribution is 6.05. The van der Waals surface area contributed by atoms with E-state index in [1.54, 1.807) is 0 Å². The van der Waals surface area contributed by atoms with Crippen molar-refractivity contribution in [2.45, 2.75) is 0 Å². The maximum Gasteiger partial charge on any atom is 0.269 e. The van der Waals surface area contributed by atoms with Crippen molar-refractivity contribution >= 4 is 28.2 Å². The zero-order valence-corrected chi connectivity index (χ0v) is 12.1. The van der Waals surface area contributed by atoms with Crippen LogP contribution in [0.4, 0.5) is 15.8 Å². The van der Waals surface area contributed by atoms with E-state index in [2.05, 4.69) is 10.3 Å². The molecule has 0 aliphatic heterocycles. The number of H-pyrrole nitrogens is 1. The molecule has 0 saturated heterocycles. The number of nitro groups is 1. The van der Waals surface area contributed by atoms with Gasteiger partial charge < -0.3 is 10.3 Å². The summed E-state index contributed by atoms with van der Waals surface area (Å²) in [5, 5.41) is 13.1. The number of carbonyl (C=O) groups excluding carboxylic acids is 1. The van der Waals surface area contributed by atoms with Gasteiger partial charge in [0.05, 0.1) is 10.4 Å². The topological polar surface area (TPSA) is 105 Å². The number of hydrogen-bond donors (Lipinski definition) is 2. The molecule has 2 N–H and O–H groups in total. The first-order valence-electron chi connectivity index (χ1n) is 6.83. The molecule has 1 heterocycles. The number of halogens is 1. The average Bonchev–Trinajstić information content (AvgIpc) is 2.56. The monoisotopic (exact) mass is 327 g/mol. The number of non-ortho nitro benzene ring substituents is 1. The van der Waals surface area contributed by atoms with Crippen LogP contribution in [0.1, 0.15) is 10.4 Å². The maximum absolute atomic E-state index is 13.6. The minimum absolute atomic E-state index is 0.0226. The summed E-state index contributed by atoms with van der Waals surface area (Å²) in [6, 6.07) is 9.17. The van der Waals surface area contributed by atoms with Gasteiger partial charge in [-0.1, -0.05) is 6.07 Å². The minimum Gasteiger partial charge on any atom is -0.358 e. The lowest BCUT2D eigenvalue weighted by atomic mass is 10.1. The molecule has 0 aliphatic carbocycles. The maximum atomic E-state index is 13.6. The predicted octanol–water partition coefficient (Wildman–Crippen LogP) is 2.83. The molecule has 24 heavy (non-hydrogen) atoms. The van der Waals surface area contributed by atoms with E-state index in [0.717, 1.165) is 6.20 Å². The van der Waals surface area contributed by atoms with Crippen LogP contribution in [0, 0.1) is 15.9 Å². The smallest absolute Gasteiger partial charge is 0.269 e. The summed E-state index contributed by atoms with van der Waals surface area (Å²) >= 11 is 0. The molecular weight excluding hydrogens is 317 g/mol. The van der Waals surface area contributed by atoms with Crippen molar-refractivity contribution in [3.05, 3.63) is 80.4 Å². The highest BCUT2D eigenvalue weighted by atomic mass is 19.1. The molecule has 0 unspecified atom stereocenters. The SMILES string of the molecule is O=C(Nc1ccc([N+](=O)[O-])cc1)c1c[nH]c2c(F)cccc2c1=O. The van der Waals surface area contributed by atoms with Gasteiger partial charge in [0.1, 0.15) is 11.4 Å². The Morgan fingerprint density at radius 2 is 1.88 bits per heavy atom. The first kappa shape index (κ1) is 15.3. The van der Waals surface area contributed by atoms with Crippen molar-refractivity contribution in [2.24, 2.45) is 0 Å². The van der Waals surface area contributed by atoms with Crippen LogP contribution in [0.5, 0.6) is 0 Å². The average molecular weight is 327 g/mol. The second-order valence-electron chi connectivity index (χ2n) is 4.95. The number of nitro benzene ring substituents is 1. The van der Waals surface area contributed by atoms with Crippen molar-refractivity contribution < 1.29 is 14.1 Å². The molecule has 2 aromatic carbocycles. The van der Waals surface area contributed by atoms with Gasteiger partial charge in [-0.05, 0) is 24.3 Å². The Bertz CT molecular complexity index is 1010. The predicted molar refractivity (Wildman–Crippen MR) is 85.6 cm³/mol. The molecule has 120 valence electrons. The third-order valence-electron chi connectivity index (χ3n) is 3.44. The number of carbonyl (C=O) groups is 1. The third-order valence-corrected chi connectivity index (χ3v) is 3.44. The van der Waals surface area contributed by atoms with Crippen LogP contribution < -0.4 is 10.7 Å². The number of anilines is 1. The summed E-state index contributed by atoms with van der Waals surface area (Å²) in [6.45, 7) is 0. The molecule has 3 aromatic rings. The number of benzene rings is 2. The van der Waals surface area contributed by atoms with Gasteiger partial charge in [0.15, 0.2) is 0 Å². The molecule has 0 aliphatic rings. The first-order chi connectivity index (χ1) is 11.5. The molecule has 0 spiro atoms. The van der Waals surface area contributed by atoms with Gasteiger partial charge in [0, 0.05) is 29.4 Å². The zero-order valence-electron chi connectivity index (χ0n) is 12.1. The van der Waals surface area contributed by atoms with Gasteiger partial charge in [-0.15, -0.1) is 0 Å². The number of amides is 1. The van der Waals surface area contributed by atoms with Crippen LogP contribution in [0.25, 0.3) is 10.9 Å². The summed E-state index contributed by atoms with van der Waals surface area (Å²) < 4.78 is 13.6. The highest BCUT2D eigenvalue weighted by Gasteiger charge is 2.15. The van der Waals surface area contributed by atoms with Crippen LogP contribution in [0.15, 0.2) is 53.5 Å². The summed E-state index contributed by atoms with van der Waals surface area (Å²) in [5.74, 6) is -1.29. The van der Waals surface area contributed by atoms with E-state index in [9.17, 15) is 24.1 Å². The summed E-state index contributed by atoms with van der Waals surface area (Å²) in [5.41, 5.74) is -0.597. The first-order valence-corrected chi connectivity index (χ1v) is 6.83. The van der Waals surface area contributed by atoms with Gasteiger partial charge in [0.25, 0.3) is 11.6 Å². The van der Waals surface area contributed by atoms with Crippen molar-refractivity contribution in [1.82, 2.24) is 4.98 Å². The lowest BCUT2D eigenvalue weighted by Gasteiger charge is -2.06. The lowest BCUT2D eigenvalue weighted by molar-refractivity contribution is -0.384. The quantitative estimate of drug-likeness (QED) is 0.570. The largest absolute Gasteiger partial charge is 0.358 e. The molecule has 0 radical (unpaired) electrons. The Balaban J connectivity index is 1.93. The van der Waals surface area contributed by atoms with Gasteiger partial charge >= 0.3 is 0 Å². The molecule has 7 nitrogen and oxygen atoms in total. The number of aromatic amines is 1. The lowest BCUT2D eigenvalue weighted by Crippen LogP contribution is -2.22. The van der Waals surface area contributed by atoms with Crippen molar-refractivity contribution in [2.75, 3.05) is 5.32 Å². The Morgan fingerprint density at radius 1 is 1.17 bits per heavy atom. The van der Waals surface area contributed by atoms with E-state index in [1.165, 1.54) is 42.5 Å². The van der Waals surface area contributed by atoms with Gasteiger partial charge in [-0.25, -0.2) is 4.39 Å². The zero-order chi connectivity index (χ0) is 17.3. The van der Waals surface area contributed by atoms with Crippen LogP contribution in [0.2, 0.25) is 0 Å². The van der Waals surface area contributed by atoms with Crippen LogP contribution in [-0.2, 0) is 0 Å². The Morgan fingerprint density at radius 3 is 2.54 bits per heavy atom. The van der Waals surface area contributed by atoms with Crippen molar-refractivity contribution in [3.63, 3.8) is 0 Å². The van der Waals surface area contributed by atoms with Gasteiger partial charge in [-0.3, -0.25) is 19.7 Å². The second-order valence-corrected chi connectivity index (χ2v) is 4.95. The molecule has 3 rings (SSSR count). The molecule has 0 saturated carbocycles. The summed E-state index contributed by atoms with van der Waals surface area (Å²) in [6.07, 6.45) is 1.13. The number of aromatic nitrogens is 1. The van der Waals surface area contributed by atoms with Crippen LogP contribution >= 0.6 is 0 Å². The van der Waals surface area contributed by atoms with E-state index < -0.39 is 22.1 Å². The summed E-state index contributed by atoms with van der Waals surface area (Å²) in [4.78, 5) is 37.2. The van der Waals surface area contributed by atoms with Crippen molar-refractivity contribution in [3.8, 4) is 0 Å². The van der Waals surface area contributed by atoms with E-state index >= 15 is 0 Å². The molecule has 8 heteroatoms. The van der Waals surface area contributed by atoms with Crippen molar-refractivity contribution in [1.29, 1.82) is 0 Å². The number of pyridine rings is 1. The standard InChI is InChI=1S/C16H10FN3O4/c17-13-3-1-2-11-14(13)18-8-12(15(11)21)16(22)19-9-4-6-10(7-5-9)20(23)24/h1-8H,(H,18,21)(H,19,22). The normalized spacial score (nSPS) is 10.5. The number of para-hydroxylation sites is 1. The molecule has 0 fully saturated rings. The van der Waals surface area contributed by atoms with E-state index in [0.29, 0.717) is 5.69 Å². The Labute approximate surface area is 133 Å². The molecular formula is C16H10FN3O4. The number of nitrogens with one attached hydrogen (secondary N) is 2. The van der Waals surface area contributed by atoms with Gasteiger partial charge in [0.2, 0.25) is 5.43 Å². The molecule has 0 atom stereocenters. The molecule has 1 amide bonds. The molecule has 0 bridgehead atoms. The Kier molecular flexibility index (Phi) is 3.78. The fraction of sp³-hybridized carbons (Fsp3) is 0. The van der Waals surface area contributed by atoms with Crippen LogP contribution in [0.3, 0.4) is 0 Å². The third kappa shape index (κ3) is 2.72. The second kappa shape index (κ2) is 5.92. The number of fused-ring (bicyclic) bond motifs is 1. The number of hydrogen-bond acceptors (Lipinski definition) is 4. The highest BCUT2D eigenvalue weighted by Crippen LogP contribution is 2.16. The fourth-order valence-electron chi connectivity index (χ4n) is 2.25. The summed E-state index contributed by atoms with van der Waals surface area (Å²) in [7, 11) is 0. The van der Waals surface area contributed by atoms with Crippen LogP contribution in [-0.4, -0.2) is 15.8 Å². The minimum atomic E-state index is -0.698. The Hall–Kier alpha value is -3.55. The molecule has 1 aromatic heterocycles. The van der Waals surface area contributed by atoms with E-state index in [1.807, 2.05) is 0 Å². The van der Waals surface area contributed by atoms with E-state index in [4.69, 9.17) is 0 Å². The van der Waals surface area contributed by atoms with Gasteiger partial charge in [-0.2, -0.15) is 0 Å². The number of rotatable bonds is 3. The number of nitrogens with zero attached hydrogens (tertiary/aromatic N) is 1. The fourth-order valence-corrected chi connectivity index (χ4v) is 2.25.